The zero-order valence-corrected chi connectivity index (χ0v) is 6.83. The molecule has 54 valence electrons. The van der Waals surface area contributed by atoms with E-state index in [9.17, 15) is 4.79 Å². The maximum atomic E-state index is 10.5. The first-order valence-corrected chi connectivity index (χ1v) is 3.90. The van der Waals surface area contributed by atoms with Crippen LogP contribution in [0.5, 0.6) is 0 Å². The Hall–Kier alpha value is -0.180. The number of hydrogen-bond donors (Lipinski definition) is 0. The van der Waals surface area contributed by atoms with E-state index >= 15 is 0 Å². The molecule has 0 aliphatic carbocycles. The summed E-state index contributed by atoms with van der Waals surface area (Å²) in [5, 5.41) is 0.504. The van der Waals surface area contributed by atoms with Gasteiger partial charge in [0.05, 0.1) is 12.9 Å². The number of hydrogen-bond acceptors (Lipinski definition) is 3. The molecule has 0 bridgehead atoms. The summed E-state index contributed by atoms with van der Waals surface area (Å²) in [7, 11) is 1.41. The van der Waals surface area contributed by atoms with Crippen LogP contribution < -0.4 is 0 Å². The first-order chi connectivity index (χ1) is 4.16. The van der Waals surface area contributed by atoms with E-state index in [1.807, 2.05) is 13.8 Å². The molecule has 0 amide bonds. The molecule has 0 spiro atoms. The molecule has 0 aromatic rings. The van der Waals surface area contributed by atoms with Crippen molar-refractivity contribution in [1.82, 2.24) is 0 Å². The second-order valence-electron chi connectivity index (χ2n) is 1.94. The zero-order valence-electron chi connectivity index (χ0n) is 6.01. The number of ether oxygens (including phenoxy) is 1. The molecule has 0 unspecified atom stereocenters. The van der Waals surface area contributed by atoms with Crippen molar-refractivity contribution in [3.63, 3.8) is 0 Å². The minimum absolute atomic E-state index is 0.145. The molecular formula is C6H12O2S. The van der Waals surface area contributed by atoms with Crippen LogP contribution in [-0.4, -0.2) is 24.1 Å². The van der Waals surface area contributed by atoms with Crippen LogP contribution in [0.25, 0.3) is 0 Å². The Bertz CT molecular complexity index is 91.1. The molecule has 0 N–H and O–H groups in total. The quantitative estimate of drug-likeness (QED) is 0.564. The molecule has 0 saturated heterocycles. The SMILES string of the molecule is COC(=O)CSC(C)C. The molecule has 0 radical (unpaired) electrons. The monoisotopic (exact) mass is 148 g/mol. The molecule has 9 heavy (non-hydrogen) atoms. The third-order valence-corrected chi connectivity index (χ3v) is 1.83. The highest BCUT2D eigenvalue weighted by molar-refractivity contribution is 8.00. The summed E-state index contributed by atoms with van der Waals surface area (Å²) >= 11 is 1.59. The first kappa shape index (κ1) is 8.82. The first-order valence-electron chi connectivity index (χ1n) is 2.85. The van der Waals surface area contributed by atoms with Crippen molar-refractivity contribution < 1.29 is 9.53 Å². The summed E-state index contributed by atoms with van der Waals surface area (Å²) in [4.78, 5) is 10.5. The molecule has 0 aromatic heterocycles. The number of rotatable bonds is 3. The van der Waals surface area contributed by atoms with E-state index in [4.69, 9.17) is 0 Å². The van der Waals surface area contributed by atoms with Crippen molar-refractivity contribution >= 4 is 17.7 Å². The van der Waals surface area contributed by atoms with Crippen molar-refractivity contribution in [2.45, 2.75) is 19.1 Å². The minimum Gasteiger partial charge on any atom is -0.468 e. The van der Waals surface area contributed by atoms with Gasteiger partial charge in [-0.1, -0.05) is 13.8 Å². The van der Waals surface area contributed by atoms with Crippen LogP contribution in [0.2, 0.25) is 0 Å². The van der Waals surface area contributed by atoms with Gasteiger partial charge in [-0.05, 0) is 5.25 Å². The molecule has 0 heterocycles. The van der Waals surface area contributed by atoms with Crippen molar-refractivity contribution in [3.05, 3.63) is 0 Å². The van der Waals surface area contributed by atoms with Gasteiger partial charge in [0.15, 0.2) is 0 Å². The van der Waals surface area contributed by atoms with Crippen molar-refractivity contribution in [2.24, 2.45) is 0 Å². The van der Waals surface area contributed by atoms with E-state index < -0.39 is 0 Å². The van der Waals surface area contributed by atoms with Gasteiger partial charge in [-0.25, -0.2) is 0 Å². The number of methoxy groups -OCH3 is 1. The Morgan fingerprint density at radius 3 is 2.56 bits per heavy atom. The van der Waals surface area contributed by atoms with Crippen LogP contribution in [0, 0.1) is 0 Å². The van der Waals surface area contributed by atoms with Gasteiger partial charge in [-0.3, -0.25) is 4.79 Å². The molecule has 0 aliphatic heterocycles. The van der Waals surface area contributed by atoms with Gasteiger partial charge in [0.1, 0.15) is 0 Å². The van der Waals surface area contributed by atoms with Crippen molar-refractivity contribution in [3.8, 4) is 0 Å². The Morgan fingerprint density at radius 2 is 2.22 bits per heavy atom. The van der Waals surface area contributed by atoms with E-state index in [1.54, 1.807) is 11.8 Å². The van der Waals surface area contributed by atoms with Crippen LogP contribution in [-0.2, 0) is 9.53 Å². The van der Waals surface area contributed by atoms with Gasteiger partial charge in [0.2, 0.25) is 0 Å². The highest BCUT2D eigenvalue weighted by Crippen LogP contribution is 2.07. The lowest BCUT2D eigenvalue weighted by molar-refractivity contribution is -0.137. The topological polar surface area (TPSA) is 26.3 Å². The molecule has 0 fully saturated rings. The summed E-state index contributed by atoms with van der Waals surface area (Å²) in [5.74, 6) is 0.322. The summed E-state index contributed by atoms with van der Waals surface area (Å²) in [6.07, 6.45) is 0. The fourth-order valence-electron chi connectivity index (χ4n) is 0.294. The predicted octanol–water partition coefficient (Wildman–Crippen LogP) is 1.30. The van der Waals surface area contributed by atoms with Crippen LogP contribution in [0.4, 0.5) is 0 Å². The van der Waals surface area contributed by atoms with Crippen LogP contribution >= 0.6 is 11.8 Å². The van der Waals surface area contributed by atoms with Gasteiger partial charge in [-0.2, -0.15) is 0 Å². The van der Waals surface area contributed by atoms with E-state index in [0.29, 0.717) is 11.0 Å². The third kappa shape index (κ3) is 5.69. The number of carbonyl (C=O) groups excluding carboxylic acids is 1. The second kappa shape index (κ2) is 4.68. The lowest BCUT2D eigenvalue weighted by Gasteiger charge is -2.01. The van der Waals surface area contributed by atoms with Gasteiger partial charge in [0.25, 0.3) is 0 Å². The maximum absolute atomic E-state index is 10.5. The van der Waals surface area contributed by atoms with Crippen LogP contribution in [0.3, 0.4) is 0 Å². The van der Waals surface area contributed by atoms with Gasteiger partial charge >= 0.3 is 5.97 Å². The maximum Gasteiger partial charge on any atom is 0.315 e. The summed E-state index contributed by atoms with van der Waals surface area (Å²) in [6.45, 7) is 4.10. The lowest BCUT2D eigenvalue weighted by atomic mass is 10.6. The predicted molar refractivity (Wildman–Crippen MR) is 39.6 cm³/mol. The van der Waals surface area contributed by atoms with Crippen molar-refractivity contribution in [1.29, 1.82) is 0 Å². The molecule has 0 saturated carbocycles. The summed E-state index contributed by atoms with van der Waals surface area (Å²) in [5.41, 5.74) is 0. The van der Waals surface area contributed by atoms with E-state index in [-0.39, 0.29) is 5.97 Å². The van der Waals surface area contributed by atoms with E-state index in [0.717, 1.165) is 0 Å². The summed E-state index contributed by atoms with van der Waals surface area (Å²) in [6, 6.07) is 0. The van der Waals surface area contributed by atoms with Gasteiger partial charge in [0, 0.05) is 0 Å². The molecule has 0 aliphatic rings. The Morgan fingerprint density at radius 1 is 1.67 bits per heavy atom. The molecule has 2 nitrogen and oxygen atoms in total. The van der Waals surface area contributed by atoms with Gasteiger partial charge in [-0.15, -0.1) is 11.8 Å². The Labute approximate surface area is 60.0 Å². The highest BCUT2D eigenvalue weighted by Gasteiger charge is 2.00. The minimum atomic E-state index is -0.145. The smallest absolute Gasteiger partial charge is 0.315 e. The average molecular weight is 148 g/mol. The van der Waals surface area contributed by atoms with Crippen LogP contribution in [0.1, 0.15) is 13.8 Å². The fourth-order valence-corrected chi connectivity index (χ4v) is 0.881. The number of esters is 1. The molecule has 0 aromatic carbocycles. The Kier molecular flexibility index (Phi) is 4.58. The lowest BCUT2D eigenvalue weighted by Crippen LogP contribution is -2.05. The second-order valence-corrected chi connectivity index (χ2v) is 3.50. The number of carbonyl (C=O) groups is 1. The molecular weight excluding hydrogens is 136 g/mol. The molecule has 0 rings (SSSR count). The zero-order chi connectivity index (χ0) is 7.28. The van der Waals surface area contributed by atoms with Gasteiger partial charge < -0.3 is 4.74 Å². The molecule has 3 heteroatoms. The van der Waals surface area contributed by atoms with Crippen molar-refractivity contribution in [2.75, 3.05) is 12.9 Å². The normalized spacial score (nSPS) is 9.78. The summed E-state index contributed by atoms with van der Waals surface area (Å²) < 4.78 is 4.44. The standard InChI is InChI=1S/C6H12O2S/c1-5(2)9-4-6(7)8-3/h5H,4H2,1-3H3. The average Bonchev–Trinajstić information content (AvgIpc) is 1.83. The fraction of sp³-hybridized carbons (Fsp3) is 0.833. The largest absolute Gasteiger partial charge is 0.468 e. The Balaban J connectivity index is 3.17. The highest BCUT2D eigenvalue weighted by atomic mass is 32.2. The van der Waals surface area contributed by atoms with E-state index in [1.165, 1.54) is 7.11 Å². The number of thioether (sulfide) groups is 1. The van der Waals surface area contributed by atoms with Crippen LogP contribution in [0.15, 0.2) is 0 Å². The molecule has 0 atom stereocenters. The van der Waals surface area contributed by atoms with E-state index in [2.05, 4.69) is 4.74 Å². The third-order valence-electron chi connectivity index (χ3n) is 0.762.